The Morgan fingerprint density at radius 2 is 1.47 bits per heavy atom. The van der Waals surface area contributed by atoms with E-state index >= 15 is 0 Å². The van der Waals surface area contributed by atoms with Crippen molar-refractivity contribution in [2.75, 3.05) is 66.0 Å². The number of rotatable bonds is 10. The van der Waals surface area contributed by atoms with E-state index < -0.39 is 0 Å². The molecule has 0 aromatic heterocycles. The van der Waals surface area contributed by atoms with Crippen LogP contribution in [0.25, 0.3) is 0 Å². The number of unbranched alkanes of at least 4 members (excludes halogenated alkanes) is 1. The molecule has 2 saturated heterocycles. The monoisotopic (exact) mass is 556 g/mol. The summed E-state index contributed by atoms with van der Waals surface area (Å²) >= 11 is 0. The molecule has 0 saturated carbocycles. The Labute approximate surface area is 213 Å². The first-order valence-corrected chi connectivity index (χ1v) is 12.5. The number of likely N-dealkylation sites (N-methyl/N-ethyl adjacent to an activating group) is 1. The highest BCUT2D eigenvalue weighted by atomic mass is 127. The topological polar surface area (TPSA) is 46.1 Å². The molecule has 2 aliphatic heterocycles. The average Bonchev–Trinajstić information content (AvgIpc) is 2.83. The summed E-state index contributed by atoms with van der Waals surface area (Å²) in [7, 11) is 1.85. The van der Waals surface area contributed by atoms with Gasteiger partial charge in [-0.1, -0.05) is 37.6 Å². The number of halogens is 1. The third-order valence-corrected chi connectivity index (χ3v) is 6.67. The smallest absolute Gasteiger partial charge is 0.191 e. The van der Waals surface area contributed by atoms with Crippen LogP contribution in [-0.2, 0) is 13.1 Å². The highest BCUT2D eigenvalue weighted by Gasteiger charge is 2.14. The maximum atomic E-state index is 4.38. The molecule has 6 nitrogen and oxygen atoms in total. The van der Waals surface area contributed by atoms with Gasteiger partial charge >= 0.3 is 0 Å². The largest absolute Gasteiger partial charge is 0.356 e. The molecule has 0 radical (unpaired) electrons. The fraction of sp³-hybridized carbons (Fsp3) is 0.720. The highest BCUT2D eigenvalue weighted by molar-refractivity contribution is 14.0. The summed E-state index contributed by atoms with van der Waals surface area (Å²) in [5.74, 6) is 0.897. The van der Waals surface area contributed by atoms with E-state index in [1.807, 2.05) is 7.05 Å². The van der Waals surface area contributed by atoms with Gasteiger partial charge in [-0.3, -0.25) is 9.89 Å². The van der Waals surface area contributed by atoms with Crippen molar-refractivity contribution in [3.63, 3.8) is 0 Å². The van der Waals surface area contributed by atoms with Crippen molar-refractivity contribution in [3.05, 3.63) is 35.4 Å². The molecule has 2 N–H and O–H groups in total. The molecule has 0 atom stereocenters. The molecule has 0 spiro atoms. The van der Waals surface area contributed by atoms with Gasteiger partial charge in [0, 0.05) is 52.9 Å². The van der Waals surface area contributed by atoms with Crippen molar-refractivity contribution in [2.24, 2.45) is 4.99 Å². The minimum Gasteiger partial charge on any atom is -0.356 e. The molecule has 2 aliphatic rings. The number of benzene rings is 1. The first-order valence-electron chi connectivity index (χ1n) is 12.5. The molecule has 1 aromatic rings. The molecule has 0 bridgehead atoms. The number of piperidine rings is 1. The van der Waals surface area contributed by atoms with Crippen LogP contribution in [0.4, 0.5) is 0 Å². The lowest BCUT2D eigenvalue weighted by molar-refractivity contribution is 0.136. The lowest BCUT2D eigenvalue weighted by Crippen LogP contribution is -2.46. The van der Waals surface area contributed by atoms with E-state index in [0.29, 0.717) is 0 Å². The summed E-state index contributed by atoms with van der Waals surface area (Å²) in [5.41, 5.74) is 2.72. The number of guanidine groups is 1. The van der Waals surface area contributed by atoms with Gasteiger partial charge in [0.1, 0.15) is 0 Å². The summed E-state index contributed by atoms with van der Waals surface area (Å²) in [5, 5.41) is 6.92. The predicted molar refractivity (Wildman–Crippen MR) is 147 cm³/mol. The first-order chi connectivity index (χ1) is 15.3. The number of hydrogen-bond donors (Lipinski definition) is 2. The number of likely N-dealkylation sites (tertiary alicyclic amines) is 1. The Bertz CT molecular complexity index is 636. The van der Waals surface area contributed by atoms with Gasteiger partial charge < -0.3 is 20.4 Å². The zero-order chi connectivity index (χ0) is 21.7. The van der Waals surface area contributed by atoms with Gasteiger partial charge in [-0.05, 0) is 63.0 Å². The van der Waals surface area contributed by atoms with E-state index in [4.69, 9.17) is 0 Å². The summed E-state index contributed by atoms with van der Waals surface area (Å²) in [4.78, 5) is 12.1. The van der Waals surface area contributed by atoms with Crippen LogP contribution in [0, 0.1) is 0 Å². The lowest BCUT2D eigenvalue weighted by atomic mass is 10.1. The molecule has 0 aliphatic carbocycles. The van der Waals surface area contributed by atoms with E-state index in [-0.39, 0.29) is 24.0 Å². The van der Waals surface area contributed by atoms with Crippen molar-refractivity contribution in [1.82, 2.24) is 25.3 Å². The SMILES string of the molecule is CCN1CCN(CCCCNC(=NC)NCc2ccc(CN3CCCCC3)cc2)CC1.I. The van der Waals surface area contributed by atoms with Gasteiger partial charge in [0.25, 0.3) is 0 Å². The van der Waals surface area contributed by atoms with Crippen molar-refractivity contribution in [2.45, 2.75) is 52.1 Å². The minimum atomic E-state index is 0. The summed E-state index contributed by atoms with van der Waals surface area (Å²) in [6.45, 7) is 14.9. The van der Waals surface area contributed by atoms with Crippen LogP contribution < -0.4 is 10.6 Å². The quantitative estimate of drug-likeness (QED) is 0.200. The highest BCUT2D eigenvalue weighted by Crippen LogP contribution is 2.13. The molecule has 32 heavy (non-hydrogen) atoms. The molecular formula is C25H45IN6. The van der Waals surface area contributed by atoms with E-state index in [2.05, 4.69) is 61.5 Å². The predicted octanol–water partition coefficient (Wildman–Crippen LogP) is 3.37. The van der Waals surface area contributed by atoms with Crippen LogP contribution in [0.3, 0.4) is 0 Å². The zero-order valence-electron chi connectivity index (χ0n) is 20.3. The van der Waals surface area contributed by atoms with Gasteiger partial charge in [-0.2, -0.15) is 0 Å². The van der Waals surface area contributed by atoms with E-state index in [0.717, 1.165) is 25.6 Å². The summed E-state index contributed by atoms with van der Waals surface area (Å²) in [6.07, 6.45) is 6.52. The first kappa shape index (κ1) is 27.3. The van der Waals surface area contributed by atoms with Crippen molar-refractivity contribution < 1.29 is 0 Å². The second-order valence-electron chi connectivity index (χ2n) is 8.99. The minimum absolute atomic E-state index is 0. The average molecular weight is 557 g/mol. The Hall–Kier alpha value is -0.900. The van der Waals surface area contributed by atoms with Gasteiger partial charge in [0.15, 0.2) is 5.96 Å². The van der Waals surface area contributed by atoms with E-state index in [9.17, 15) is 0 Å². The molecule has 182 valence electrons. The Balaban J connectivity index is 0.00000363. The Morgan fingerprint density at radius 1 is 0.812 bits per heavy atom. The van der Waals surface area contributed by atoms with Gasteiger partial charge in [-0.25, -0.2) is 0 Å². The van der Waals surface area contributed by atoms with Gasteiger partial charge in [0.05, 0.1) is 0 Å². The second-order valence-corrected chi connectivity index (χ2v) is 8.99. The van der Waals surface area contributed by atoms with E-state index in [1.165, 1.54) is 95.6 Å². The van der Waals surface area contributed by atoms with Crippen LogP contribution in [-0.4, -0.2) is 86.6 Å². The lowest BCUT2D eigenvalue weighted by Gasteiger charge is -2.34. The van der Waals surface area contributed by atoms with Crippen LogP contribution in [0.15, 0.2) is 29.3 Å². The number of nitrogens with zero attached hydrogens (tertiary/aromatic N) is 4. The third kappa shape index (κ3) is 9.93. The van der Waals surface area contributed by atoms with Crippen molar-refractivity contribution in [1.29, 1.82) is 0 Å². The standard InChI is InChI=1S/C25H44N6.HI/c1-3-29-17-19-30(20-18-29)14-8-5-13-27-25(26-2)28-21-23-9-11-24(12-10-23)22-31-15-6-4-7-16-31;/h9-12H,3-8,13-22H2,1-2H3,(H2,26,27,28);1H. The van der Waals surface area contributed by atoms with E-state index in [1.54, 1.807) is 0 Å². The van der Waals surface area contributed by atoms with Gasteiger partial charge in [0.2, 0.25) is 0 Å². The summed E-state index contributed by atoms with van der Waals surface area (Å²) < 4.78 is 0. The molecule has 0 amide bonds. The van der Waals surface area contributed by atoms with Gasteiger partial charge in [-0.15, -0.1) is 24.0 Å². The molecule has 7 heteroatoms. The molecule has 3 rings (SSSR count). The van der Waals surface area contributed by atoms with Crippen LogP contribution in [0.1, 0.15) is 50.2 Å². The van der Waals surface area contributed by atoms with Crippen LogP contribution in [0.5, 0.6) is 0 Å². The van der Waals surface area contributed by atoms with Crippen LogP contribution >= 0.6 is 24.0 Å². The fourth-order valence-corrected chi connectivity index (χ4v) is 4.54. The third-order valence-electron chi connectivity index (χ3n) is 6.67. The number of hydrogen-bond acceptors (Lipinski definition) is 4. The fourth-order valence-electron chi connectivity index (χ4n) is 4.54. The number of aliphatic imine (C=N–C) groups is 1. The number of piperazine rings is 1. The molecule has 1 aromatic carbocycles. The molecule has 2 fully saturated rings. The zero-order valence-corrected chi connectivity index (χ0v) is 22.7. The van der Waals surface area contributed by atoms with Crippen LogP contribution in [0.2, 0.25) is 0 Å². The molecular weight excluding hydrogens is 511 g/mol. The summed E-state index contributed by atoms with van der Waals surface area (Å²) in [6, 6.07) is 9.06. The molecule has 2 heterocycles. The maximum absolute atomic E-state index is 4.38. The molecule has 0 unspecified atom stereocenters. The van der Waals surface area contributed by atoms with Crippen molar-refractivity contribution in [3.8, 4) is 0 Å². The Morgan fingerprint density at radius 3 is 2.12 bits per heavy atom. The second kappa shape index (κ2) is 15.9. The van der Waals surface area contributed by atoms with Crippen molar-refractivity contribution >= 4 is 29.9 Å². The normalized spacial score (nSPS) is 18.9. The maximum Gasteiger partial charge on any atom is 0.191 e. The number of nitrogens with one attached hydrogen (secondary N) is 2. The Kier molecular flexibility index (Phi) is 13.5.